The van der Waals surface area contributed by atoms with E-state index in [-0.39, 0.29) is 5.56 Å². The number of carboxylic acid groups (broad SMARTS) is 1. The number of halogens is 2. The minimum Gasteiger partial charge on any atom is -0.487 e. The lowest BCUT2D eigenvalue weighted by Crippen LogP contribution is -2.00. The van der Waals surface area contributed by atoms with Crippen LogP contribution in [0, 0.1) is 6.92 Å². The van der Waals surface area contributed by atoms with Gasteiger partial charge in [-0.3, -0.25) is 0 Å². The number of aryl methyl sites for hydroxylation is 1. The molecule has 104 valence electrons. The molecule has 0 aliphatic heterocycles. The summed E-state index contributed by atoms with van der Waals surface area (Å²) < 4.78 is 6.97. The molecule has 0 fully saturated rings. The second-order valence-electron chi connectivity index (χ2n) is 4.35. The maximum atomic E-state index is 11.0. The standard InChI is InChI=1S/C15H12Br2O3/c1-9-3-2-4-10(5-9)8-20-14-12(16)6-11(15(18)19)7-13(14)17/h2-7H,8H2,1H3,(H,18,19). The molecule has 5 heteroatoms. The van der Waals surface area contributed by atoms with Gasteiger partial charge in [0.2, 0.25) is 0 Å². The van der Waals surface area contributed by atoms with E-state index >= 15 is 0 Å². The molecule has 3 nitrogen and oxygen atoms in total. The maximum Gasteiger partial charge on any atom is 0.335 e. The minimum absolute atomic E-state index is 0.201. The summed E-state index contributed by atoms with van der Waals surface area (Å²) in [5.41, 5.74) is 2.43. The maximum absolute atomic E-state index is 11.0. The van der Waals surface area contributed by atoms with E-state index in [9.17, 15) is 4.79 Å². The Morgan fingerprint density at radius 2 is 1.85 bits per heavy atom. The van der Waals surface area contributed by atoms with Gasteiger partial charge in [0.15, 0.2) is 0 Å². The summed E-state index contributed by atoms with van der Waals surface area (Å²) in [6, 6.07) is 11.1. The summed E-state index contributed by atoms with van der Waals surface area (Å²) in [7, 11) is 0. The van der Waals surface area contributed by atoms with Crippen molar-refractivity contribution in [3.05, 3.63) is 62.0 Å². The first-order chi connectivity index (χ1) is 9.47. The Morgan fingerprint density at radius 3 is 2.40 bits per heavy atom. The molecule has 0 spiro atoms. The molecule has 0 atom stereocenters. The number of hydrogen-bond acceptors (Lipinski definition) is 2. The number of aromatic carboxylic acids is 1. The van der Waals surface area contributed by atoms with Gasteiger partial charge in [0.25, 0.3) is 0 Å². The van der Waals surface area contributed by atoms with Crippen LogP contribution in [0.5, 0.6) is 5.75 Å². The number of ether oxygens (including phenoxy) is 1. The number of carbonyl (C=O) groups is 1. The monoisotopic (exact) mass is 398 g/mol. The van der Waals surface area contributed by atoms with Crippen molar-refractivity contribution < 1.29 is 14.6 Å². The minimum atomic E-state index is -0.975. The van der Waals surface area contributed by atoms with Crippen molar-refractivity contribution in [3.63, 3.8) is 0 Å². The first kappa shape index (κ1) is 15.1. The lowest BCUT2D eigenvalue weighted by molar-refractivity contribution is 0.0696. The first-order valence-corrected chi connectivity index (χ1v) is 7.46. The van der Waals surface area contributed by atoms with Gasteiger partial charge >= 0.3 is 5.97 Å². The van der Waals surface area contributed by atoms with Crippen LogP contribution in [-0.4, -0.2) is 11.1 Å². The van der Waals surface area contributed by atoms with Crippen molar-refractivity contribution in [2.45, 2.75) is 13.5 Å². The molecule has 0 saturated carbocycles. The second-order valence-corrected chi connectivity index (χ2v) is 6.06. The van der Waals surface area contributed by atoms with E-state index in [0.29, 0.717) is 21.3 Å². The van der Waals surface area contributed by atoms with Gasteiger partial charge in [-0.1, -0.05) is 29.8 Å². The fraction of sp³-hybridized carbons (Fsp3) is 0.133. The van der Waals surface area contributed by atoms with Crippen LogP contribution in [0.1, 0.15) is 21.5 Å². The Morgan fingerprint density at radius 1 is 1.20 bits per heavy atom. The van der Waals surface area contributed by atoms with Crippen molar-refractivity contribution >= 4 is 37.8 Å². The lowest BCUT2D eigenvalue weighted by atomic mass is 10.1. The second kappa shape index (κ2) is 6.41. The van der Waals surface area contributed by atoms with E-state index < -0.39 is 5.97 Å². The Labute approximate surface area is 133 Å². The van der Waals surface area contributed by atoms with Crippen molar-refractivity contribution in [1.82, 2.24) is 0 Å². The topological polar surface area (TPSA) is 46.5 Å². The van der Waals surface area contributed by atoms with Crippen LogP contribution in [0.15, 0.2) is 45.3 Å². The molecule has 0 saturated heterocycles. The normalized spacial score (nSPS) is 10.3. The molecule has 0 bridgehead atoms. The molecule has 0 aliphatic carbocycles. The average Bonchev–Trinajstić information content (AvgIpc) is 2.37. The molecule has 2 aromatic carbocycles. The molecule has 0 aromatic heterocycles. The van der Waals surface area contributed by atoms with Crippen molar-refractivity contribution in [1.29, 1.82) is 0 Å². The predicted octanol–water partition coefficient (Wildman–Crippen LogP) is 4.80. The van der Waals surface area contributed by atoms with Crippen molar-refractivity contribution in [2.75, 3.05) is 0 Å². The van der Waals surface area contributed by atoms with Crippen LogP contribution >= 0.6 is 31.9 Å². The predicted molar refractivity (Wildman–Crippen MR) is 84.3 cm³/mol. The molecular weight excluding hydrogens is 388 g/mol. The van der Waals surface area contributed by atoms with E-state index in [1.165, 1.54) is 17.7 Å². The fourth-order valence-corrected chi connectivity index (χ4v) is 3.19. The van der Waals surface area contributed by atoms with Crippen LogP contribution in [0.2, 0.25) is 0 Å². The Hall–Kier alpha value is -1.33. The molecule has 0 heterocycles. The van der Waals surface area contributed by atoms with Gasteiger partial charge in [0.05, 0.1) is 14.5 Å². The van der Waals surface area contributed by atoms with Gasteiger partial charge in [-0.2, -0.15) is 0 Å². The van der Waals surface area contributed by atoms with Crippen LogP contribution in [0.4, 0.5) is 0 Å². The van der Waals surface area contributed by atoms with E-state index in [1.807, 2.05) is 31.2 Å². The SMILES string of the molecule is Cc1cccc(COc2c(Br)cc(C(=O)O)cc2Br)c1. The smallest absolute Gasteiger partial charge is 0.335 e. The number of benzene rings is 2. The Balaban J connectivity index is 2.20. The summed E-state index contributed by atoms with van der Waals surface area (Å²) >= 11 is 6.67. The largest absolute Gasteiger partial charge is 0.487 e. The summed E-state index contributed by atoms with van der Waals surface area (Å²) in [4.78, 5) is 11.0. The summed E-state index contributed by atoms with van der Waals surface area (Å²) in [5.74, 6) is -0.381. The van der Waals surface area contributed by atoms with Crippen LogP contribution in [0.25, 0.3) is 0 Å². The zero-order valence-corrected chi connectivity index (χ0v) is 13.9. The molecular formula is C15H12Br2O3. The Bertz CT molecular complexity index is 630. The number of rotatable bonds is 4. The molecule has 2 rings (SSSR count). The Kier molecular flexibility index (Phi) is 4.83. The third kappa shape index (κ3) is 3.61. The molecule has 20 heavy (non-hydrogen) atoms. The van der Waals surface area contributed by atoms with E-state index in [2.05, 4.69) is 31.9 Å². The fourth-order valence-electron chi connectivity index (χ4n) is 1.78. The number of carboxylic acids is 1. The molecule has 0 unspecified atom stereocenters. The van der Waals surface area contributed by atoms with Crippen LogP contribution < -0.4 is 4.74 Å². The zero-order valence-electron chi connectivity index (χ0n) is 10.7. The quantitative estimate of drug-likeness (QED) is 0.803. The zero-order chi connectivity index (χ0) is 14.7. The van der Waals surface area contributed by atoms with Crippen LogP contribution in [-0.2, 0) is 6.61 Å². The lowest BCUT2D eigenvalue weighted by Gasteiger charge is -2.11. The van der Waals surface area contributed by atoms with E-state index in [0.717, 1.165) is 5.56 Å². The molecule has 0 radical (unpaired) electrons. The van der Waals surface area contributed by atoms with Gasteiger partial charge in [0.1, 0.15) is 12.4 Å². The van der Waals surface area contributed by atoms with Gasteiger partial charge < -0.3 is 9.84 Å². The number of hydrogen-bond donors (Lipinski definition) is 1. The molecule has 0 aliphatic rings. The average molecular weight is 400 g/mol. The summed E-state index contributed by atoms with van der Waals surface area (Å²) in [6.07, 6.45) is 0. The highest BCUT2D eigenvalue weighted by Crippen LogP contribution is 2.35. The van der Waals surface area contributed by atoms with Crippen molar-refractivity contribution in [3.8, 4) is 5.75 Å². The van der Waals surface area contributed by atoms with E-state index in [1.54, 1.807) is 0 Å². The van der Waals surface area contributed by atoms with Gasteiger partial charge in [0, 0.05) is 0 Å². The van der Waals surface area contributed by atoms with E-state index in [4.69, 9.17) is 9.84 Å². The van der Waals surface area contributed by atoms with Crippen molar-refractivity contribution in [2.24, 2.45) is 0 Å². The molecule has 0 amide bonds. The van der Waals surface area contributed by atoms with Crippen LogP contribution in [0.3, 0.4) is 0 Å². The third-order valence-corrected chi connectivity index (χ3v) is 3.89. The third-order valence-electron chi connectivity index (χ3n) is 2.71. The van der Waals surface area contributed by atoms with Gasteiger partial charge in [-0.15, -0.1) is 0 Å². The highest BCUT2D eigenvalue weighted by atomic mass is 79.9. The molecule has 1 N–H and O–H groups in total. The van der Waals surface area contributed by atoms with Gasteiger partial charge in [-0.25, -0.2) is 4.79 Å². The van der Waals surface area contributed by atoms with Gasteiger partial charge in [-0.05, 0) is 56.5 Å². The summed E-state index contributed by atoms with van der Waals surface area (Å²) in [5, 5.41) is 8.98. The highest BCUT2D eigenvalue weighted by molar-refractivity contribution is 9.11. The highest BCUT2D eigenvalue weighted by Gasteiger charge is 2.12. The molecule has 2 aromatic rings. The summed E-state index contributed by atoms with van der Waals surface area (Å²) in [6.45, 7) is 2.45. The first-order valence-electron chi connectivity index (χ1n) is 5.88.